The van der Waals surface area contributed by atoms with Crippen molar-refractivity contribution >= 4 is 18.2 Å². The third kappa shape index (κ3) is 5.78. The minimum atomic E-state index is -0.361. The van der Waals surface area contributed by atoms with Crippen LogP contribution in [0.4, 0.5) is 0 Å². The van der Waals surface area contributed by atoms with E-state index in [0.29, 0.717) is 30.4 Å². The van der Waals surface area contributed by atoms with Crippen molar-refractivity contribution in [2.24, 2.45) is 0 Å². The van der Waals surface area contributed by atoms with Gasteiger partial charge in [-0.15, -0.1) is 0 Å². The lowest BCUT2D eigenvalue weighted by molar-refractivity contribution is -0.140. The lowest BCUT2D eigenvalue weighted by Gasteiger charge is -2.18. The maximum absolute atomic E-state index is 12.0. The lowest BCUT2D eigenvalue weighted by Crippen LogP contribution is -2.09. The van der Waals surface area contributed by atoms with E-state index in [0.717, 1.165) is 23.8 Å². The molecule has 1 unspecified atom stereocenters. The van der Waals surface area contributed by atoms with E-state index in [1.807, 2.05) is 30.3 Å². The van der Waals surface area contributed by atoms with Gasteiger partial charge in [0.1, 0.15) is 6.29 Å². The third-order valence-corrected chi connectivity index (χ3v) is 4.63. The van der Waals surface area contributed by atoms with Crippen LogP contribution in [0.5, 0.6) is 0 Å². The smallest absolute Gasteiger partial charge is 0.338 e. The molecule has 0 saturated heterocycles. The van der Waals surface area contributed by atoms with Crippen molar-refractivity contribution in [3.05, 3.63) is 70.8 Å². The molecule has 0 heterocycles. The van der Waals surface area contributed by atoms with Gasteiger partial charge in [-0.05, 0) is 48.4 Å². The number of ether oxygens (including phenoxy) is 2. The van der Waals surface area contributed by atoms with Crippen LogP contribution in [-0.2, 0) is 20.7 Å². The van der Waals surface area contributed by atoms with E-state index >= 15 is 0 Å². The summed E-state index contributed by atoms with van der Waals surface area (Å²) in [5.74, 6) is -0.559. The van der Waals surface area contributed by atoms with E-state index in [1.165, 1.54) is 14.2 Å². The molecule has 0 amide bonds. The fourth-order valence-electron chi connectivity index (χ4n) is 3.14. The van der Waals surface area contributed by atoms with Gasteiger partial charge >= 0.3 is 11.9 Å². The standard InChI is InChI=1S/C22H24O5/c1-26-21(24)13-12-17(19-8-5-6-16(14-19)15-23)10-11-18-7-3-4-9-20(18)22(25)27-2/h3-9,14-15,17H,10-13H2,1-2H3. The molecule has 0 radical (unpaired) electrons. The number of aldehydes is 1. The molecule has 0 bridgehead atoms. The van der Waals surface area contributed by atoms with Crippen LogP contribution < -0.4 is 0 Å². The van der Waals surface area contributed by atoms with Crippen molar-refractivity contribution in [2.45, 2.75) is 31.6 Å². The lowest BCUT2D eigenvalue weighted by atomic mass is 9.87. The van der Waals surface area contributed by atoms with Gasteiger partial charge in [0.15, 0.2) is 0 Å². The zero-order valence-electron chi connectivity index (χ0n) is 15.6. The summed E-state index contributed by atoms with van der Waals surface area (Å²) in [4.78, 5) is 34.7. The number of hydrogen-bond donors (Lipinski definition) is 0. The van der Waals surface area contributed by atoms with Gasteiger partial charge in [0, 0.05) is 12.0 Å². The summed E-state index contributed by atoms with van der Waals surface area (Å²) in [6.07, 6.45) is 3.10. The molecule has 2 aromatic rings. The number of hydrogen-bond acceptors (Lipinski definition) is 5. The van der Waals surface area contributed by atoms with E-state index in [2.05, 4.69) is 0 Å². The average Bonchev–Trinajstić information content (AvgIpc) is 2.73. The topological polar surface area (TPSA) is 69.7 Å². The number of carbonyl (C=O) groups excluding carboxylic acids is 3. The molecule has 0 fully saturated rings. The van der Waals surface area contributed by atoms with Gasteiger partial charge in [0.25, 0.3) is 0 Å². The Hall–Kier alpha value is -2.95. The second-order valence-corrected chi connectivity index (χ2v) is 6.29. The Morgan fingerprint density at radius 2 is 1.78 bits per heavy atom. The van der Waals surface area contributed by atoms with Gasteiger partial charge < -0.3 is 9.47 Å². The first kappa shape index (κ1) is 20.4. The first-order valence-electron chi connectivity index (χ1n) is 8.87. The molecule has 0 saturated carbocycles. The van der Waals surface area contributed by atoms with E-state index in [4.69, 9.17) is 9.47 Å². The number of methoxy groups -OCH3 is 2. The van der Waals surface area contributed by atoms with Crippen LogP contribution in [0.1, 0.15) is 57.0 Å². The first-order valence-corrected chi connectivity index (χ1v) is 8.87. The Bertz CT molecular complexity index is 797. The summed E-state index contributed by atoms with van der Waals surface area (Å²) < 4.78 is 9.61. The van der Waals surface area contributed by atoms with Crippen LogP contribution in [0.25, 0.3) is 0 Å². The molecular formula is C22H24O5. The number of aryl methyl sites for hydroxylation is 1. The summed E-state index contributed by atoms with van der Waals surface area (Å²) in [7, 11) is 2.74. The quantitative estimate of drug-likeness (QED) is 0.495. The van der Waals surface area contributed by atoms with Crippen LogP contribution in [0.2, 0.25) is 0 Å². The molecule has 1 atom stereocenters. The van der Waals surface area contributed by atoms with Crippen LogP contribution in [-0.4, -0.2) is 32.4 Å². The van der Waals surface area contributed by atoms with Crippen molar-refractivity contribution in [3.63, 3.8) is 0 Å². The van der Waals surface area contributed by atoms with Crippen LogP contribution in [0, 0.1) is 0 Å². The van der Waals surface area contributed by atoms with Gasteiger partial charge in [-0.1, -0.05) is 36.4 Å². The molecule has 2 aromatic carbocycles. The molecule has 142 valence electrons. The van der Waals surface area contributed by atoms with Gasteiger partial charge in [0.2, 0.25) is 0 Å². The Balaban J connectivity index is 2.20. The fourth-order valence-corrected chi connectivity index (χ4v) is 3.14. The second-order valence-electron chi connectivity index (χ2n) is 6.29. The van der Waals surface area contributed by atoms with E-state index in [9.17, 15) is 14.4 Å². The zero-order chi connectivity index (χ0) is 19.6. The highest BCUT2D eigenvalue weighted by atomic mass is 16.5. The Morgan fingerprint density at radius 1 is 1.00 bits per heavy atom. The zero-order valence-corrected chi connectivity index (χ0v) is 15.6. The molecule has 2 rings (SSSR count). The summed E-state index contributed by atoms with van der Waals surface area (Å²) >= 11 is 0. The second kappa shape index (κ2) is 10.3. The number of rotatable bonds is 9. The Kier molecular flexibility index (Phi) is 7.74. The molecule has 27 heavy (non-hydrogen) atoms. The number of benzene rings is 2. The third-order valence-electron chi connectivity index (χ3n) is 4.63. The maximum atomic E-state index is 12.0. The predicted molar refractivity (Wildman–Crippen MR) is 102 cm³/mol. The van der Waals surface area contributed by atoms with E-state index < -0.39 is 0 Å². The van der Waals surface area contributed by atoms with Crippen molar-refractivity contribution in [1.29, 1.82) is 0 Å². The first-order chi connectivity index (χ1) is 13.1. The molecule has 0 aliphatic heterocycles. The molecule has 0 aliphatic carbocycles. The van der Waals surface area contributed by atoms with Gasteiger partial charge in [-0.3, -0.25) is 9.59 Å². The molecule has 0 spiro atoms. The minimum Gasteiger partial charge on any atom is -0.469 e. The van der Waals surface area contributed by atoms with Crippen molar-refractivity contribution < 1.29 is 23.9 Å². The van der Waals surface area contributed by atoms with E-state index in [1.54, 1.807) is 18.2 Å². The largest absolute Gasteiger partial charge is 0.469 e. The minimum absolute atomic E-state index is 0.0645. The monoisotopic (exact) mass is 368 g/mol. The summed E-state index contributed by atoms with van der Waals surface area (Å²) in [5, 5.41) is 0. The van der Waals surface area contributed by atoms with Crippen molar-refractivity contribution in [2.75, 3.05) is 14.2 Å². The molecule has 0 aromatic heterocycles. The molecule has 5 heteroatoms. The van der Waals surface area contributed by atoms with Crippen LogP contribution in [0.3, 0.4) is 0 Å². The van der Waals surface area contributed by atoms with Crippen LogP contribution >= 0.6 is 0 Å². The SMILES string of the molecule is COC(=O)CCC(CCc1ccccc1C(=O)OC)c1cccc(C=O)c1. The summed E-state index contributed by atoms with van der Waals surface area (Å²) in [5.41, 5.74) is 3.05. The number of esters is 2. The molecule has 0 aliphatic rings. The normalized spacial score (nSPS) is 11.5. The molecule has 5 nitrogen and oxygen atoms in total. The highest BCUT2D eigenvalue weighted by molar-refractivity contribution is 5.91. The highest BCUT2D eigenvalue weighted by Crippen LogP contribution is 2.28. The molecule has 0 N–H and O–H groups in total. The highest BCUT2D eigenvalue weighted by Gasteiger charge is 2.17. The Morgan fingerprint density at radius 3 is 2.48 bits per heavy atom. The van der Waals surface area contributed by atoms with Gasteiger partial charge in [-0.25, -0.2) is 4.79 Å². The van der Waals surface area contributed by atoms with Gasteiger partial charge in [0.05, 0.1) is 19.8 Å². The maximum Gasteiger partial charge on any atom is 0.338 e. The average molecular weight is 368 g/mol. The number of carbonyl (C=O) groups is 3. The summed E-state index contributed by atoms with van der Waals surface area (Å²) in [6.45, 7) is 0. The fraction of sp³-hybridized carbons (Fsp3) is 0.318. The van der Waals surface area contributed by atoms with E-state index in [-0.39, 0.29) is 17.9 Å². The molecular weight excluding hydrogens is 344 g/mol. The van der Waals surface area contributed by atoms with Crippen molar-refractivity contribution in [3.8, 4) is 0 Å². The van der Waals surface area contributed by atoms with Crippen LogP contribution in [0.15, 0.2) is 48.5 Å². The van der Waals surface area contributed by atoms with Crippen molar-refractivity contribution in [1.82, 2.24) is 0 Å². The Labute approximate surface area is 159 Å². The van der Waals surface area contributed by atoms with Gasteiger partial charge in [-0.2, -0.15) is 0 Å². The summed E-state index contributed by atoms with van der Waals surface area (Å²) in [6, 6.07) is 14.7. The predicted octanol–water partition coefficient (Wildman–Crippen LogP) is 3.96.